The predicted molar refractivity (Wildman–Crippen MR) is 63.2 cm³/mol. The van der Waals surface area contributed by atoms with Crippen LogP contribution in [0.1, 0.15) is 16.1 Å². The number of Topliss-reactive ketones (excluding diaryl/α,β-unsaturated/α-hetero) is 1. The van der Waals surface area contributed by atoms with Gasteiger partial charge in [0.25, 0.3) is 0 Å². The minimum Gasteiger partial charge on any atom is -0.442 e. The van der Waals surface area contributed by atoms with E-state index in [4.69, 9.17) is 27.6 Å². The number of hydrogen-bond donors (Lipinski definition) is 0. The molecule has 0 saturated heterocycles. The molecule has 0 unspecified atom stereocenters. The van der Waals surface area contributed by atoms with Gasteiger partial charge in [0, 0.05) is 17.0 Å². The Kier molecular flexibility index (Phi) is 3.50. The van der Waals surface area contributed by atoms with E-state index in [9.17, 15) is 9.18 Å². The highest BCUT2D eigenvalue weighted by Gasteiger charge is 2.16. The van der Waals surface area contributed by atoms with Crippen LogP contribution in [0.2, 0.25) is 10.2 Å². The summed E-state index contributed by atoms with van der Waals surface area (Å²) >= 11 is 11.4. The van der Waals surface area contributed by atoms with E-state index in [1.165, 1.54) is 30.3 Å². The average Bonchev–Trinajstić information content (AvgIpc) is 2.70. The highest BCUT2D eigenvalue weighted by molar-refractivity contribution is 6.31. The Balaban J connectivity index is 2.24. The van der Waals surface area contributed by atoms with E-state index in [0.29, 0.717) is 0 Å². The topological polar surface area (TPSA) is 30.2 Å². The van der Waals surface area contributed by atoms with Crippen molar-refractivity contribution in [3.8, 4) is 0 Å². The number of furan rings is 1. The van der Waals surface area contributed by atoms with Crippen LogP contribution in [0, 0.1) is 5.82 Å². The molecule has 0 aliphatic heterocycles. The number of carbonyl (C=O) groups is 1. The van der Waals surface area contributed by atoms with E-state index < -0.39 is 5.82 Å². The molecule has 1 heterocycles. The first-order valence-electron chi connectivity index (χ1n) is 4.79. The number of hydrogen-bond acceptors (Lipinski definition) is 2. The second kappa shape index (κ2) is 4.90. The molecular formula is C12H7Cl2FO2. The Morgan fingerprint density at radius 1 is 1.24 bits per heavy atom. The van der Waals surface area contributed by atoms with Crippen molar-refractivity contribution in [1.82, 2.24) is 0 Å². The first kappa shape index (κ1) is 12.1. The maximum Gasteiger partial charge on any atom is 0.202 e. The van der Waals surface area contributed by atoms with Crippen LogP contribution in [0.3, 0.4) is 0 Å². The van der Waals surface area contributed by atoms with E-state index in [1.807, 2.05) is 0 Å². The Hall–Kier alpha value is -1.32. The fourth-order valence-electron chi connectivity index (χ4n) is 1.41. The first-order valence-corrected chi connectivity index (χ1v) is 5.55. The van der Waals surface area contributed by atoms with Gasteiger partial charge in [0.05, 0.1) is 0 Å². The van der Waals surface area contributed by atoms with E-state index in [2.05, 4.69) is 0 Å². The van der Waals surface area contributed by atoms with E-state index in [-0.39, 0.29) is 33.8 Å². The molecule has 0 amide bonds. The van der Waals surface area contributed by atoms with Crippen LogP contribution < -0.4 is 0 Å². The highest BCUT2D eigenvalue weighted by atomic mass is 35.5. The molecule has 2 aromatic rings. The molecule has 2 rings (SSSR count). The lowest BCUT2D eigenvalue weighted by molar-refractivity contribution is 0.0965. The first-order chi connectivity index (χ1) is 8.08. The van der Waals surface area contributed by atoms with Crippen molar-refractivity contribution in [2.45, 2.75) is 6.42 Å². The summed E-state index contributed by atoms with van der Waals surface area (Å²) in [6, 6.07) is 7.17. The Morgan fingerprint density at radius 3 is 2.59 bits per heavy atom. The lowest BCUT2D eigenvalue weighted by Crippen LogP contribution is -2.04. The smallest absolute Gasteiger partial charge is 0.202 e. The van der Waals surface area contributed by atoms with Crippen molar-refractivity contribution < 1.29 is 13.6 Å². The molecule has 0 N–H and O–H groups in total. The van der Waals surface area contributed by atoms with Gasteiger partial charge in [0.15, 0.2) is 11.0 Å². The van der Waals surface area contributed by atoms with Gasteiger partial charge in [-0.3, -0.25) is 4.79 Å². The second-order valence-corrected chi connectivity index (χ2v) is 4.18. The zero-order chi connectivity index (χ0) is 12.4. The van der Waals surface area contributed by atoms with Gasteiger partial charge in [-0.15, -0.1) is 0 Å². The summed E-state index contributed by atoms with van der Waals surface area (Å²) in [6.45, 7) is 0. The monoisotopic (exact) mass is 272 g/mol. The molecule has 0 spiro atoms. The molecule has 2 nitrogen and oxygen atoms in total. The lowest BCUT2D eigenvalue weighted by atomic mass is 10.1. The third-order valence-corrected chi connectivity index (χ3v) is 2.80. The molecule has 0 fully saturated rings. The zero-order valence-electron chi connectivity index (χ0n) is 8.54. The van der Waals surface area contributed by atoms with Crippen molar-refractivity contribution in [2.75, 3.05) is 0 Å². The highest BCUT2D eigenvalue weighted by Crippen LogP contribution is 2.22. The van der Waals surface area contributed by atoms with Crippen molar-refractivity contribution >= 4 is 29.0 Å². The van der Waals surface area contributed by atoms with Gasteiger partial charge in [-0.05, 0) is 35.9 Å². The quantitative estimate of drug-likeness (QED) is 0.786. The van der Waals surface area contributed by atoms with E-state index in [1.54, 1.807) is 0 Å². The van der Waals surface area contributed by atoms with Crippen molar-refractivity contribution in [3.63, 3.8) is 0 Å². The molecule has 17 heavy (non-hydrogen) atoms. The largest absolute Gasteiger partial charge is 0.442 e. The normalized spacial score (nSPS) is 10.5. The van der Waals surface area contributed by atoms with Crippen molar-refractivity contribution in [1.29, 1.82) is 0 Å². The third-order valence-electron chi connectivity index (χ3n) is 2.25. The van der Waals surface area contributed by atoms with Crippen LogP contribution in [-0.4, -0.2) is 5.78 Å². The van der Waals surface area contributed by atoms with Gasteiger partial charge in [-0.1, -0.05) is 17.7 Å². The average molecular weight is 273 g/mol. The second-order valence-electron chi connectivity index (χ2n) is 3.40. The summed E-state index contributed by atoms with van der Waals surface area (Å²) in [5.41, 5.74) is 0.159. The Bertz CT molecular complexity index is 543. The van der Waals surface area contributed by atoms with Gasteiger partial charge in [0.1, 0.15) is 5.82 Å². The van der Waals surface area contributed by atoms with Crippen molar-refractivity contribution in [2.24, 2.45) is 0 Å². The summed E-state index contributed by atoms with van der Waals surface area (Å²) in [5.74, 6) is -0.790. The summed E-state index contributed by atoms with van der Waals surface area (Å²) in [6.07, 6.45) is -0.157. The fraction of sp³-hybridized carbons (Fsp3) is 0.0833. The van der Waals surface area contributed by atoms with E-state index >= 15 is 0 Å². The summed E-state index contributed by atoms with van der Waals surface area (Å²) in [7, 11) is 0. The van der Waals surface area contributed by atoms with Gasteiger partial charge < -0.3 is 4.42 Å². The minimum absolute atomic E-state index is 0.0920. The summed E-state index contributed by atoms with van der Waals surface area (Å²) in [4.78, 5) is 11.8. The van der Waals surface area contributed by atoms with E-state index in [0.717, 1.165) is 0 Å². The predicted octanol–water partition coefficient (Wildman–Crippen LogP) is 4.15. The van der Waals surface area contributed by atoms with Crippen LogP contribution in [-0.2, 0) is 6.42 Å². The molecule has 0 radical (unpaired) electrons. The number of carbonyl (C=O) groups excluding carboxylic acids is 1. The van der Waals surface area contributed by atoms with Crippen LogP contribution in [0.4, 0.5) is 4.39 Å². The van der Waals surface area contributed by atoms with Crippen molar-refractivity contribution in [3.05, 3.63) is 57.7 Å². The number of halogens is 3. The van der Waals surface area contributed by atoms with Crippen LogP contribution >= 0.6 is 23.2 Å². The molecule has 5 heteroatoms. The number of benzene rings is 1. The molecule has 0 saturated carbocycles. The molecule has 0 aliphatic carbocycles. The summed E-state index contributed by atoms with van der Waals surface area (Å²) in [5, 5.41) is 0.337. The molecule has 1 aromatic heterocycles. The van der Waals surface area contributed by atoms with Gasteiger partial charge in [-0.2, -0.15) is 0 Å². The van der Waals surface area contributed by atoms with Crippen LogP contribution in [0.25, 0.3) is 0 Å². The van der Waals surface area contributed by atoms with Gasteiger partial charge in [0.2, 0.25) is 5.78 Å². The molecule has 0 atom stereocenters. The molecule has 0 bridgehead atoms. The summed E-state index contributed by atoms with van der Waals surface area (Å²) < 4.78 is 18.4. The fourth-order valence-corrected chi connectivity index (χ4v) is 1.79. The molecule has 0 aliphatic rings. The molecule has 1 aromatic carbocycles. The molecular weight excluding hydrogens is 266 g/mol. The van der Waals surface area contributed by atoms with Gasteiger partial charge >= 0.3 is 0 Å². The Labute approximate surface area is 107 Å². The number of rotatable bonds is 3. The maximum atomic E-state index is 13.4. The standard InChI is InChI=1S/C12H7Cl2FO2/c13-8-2-1-3-9(15)7(8)6-10(16)11-4-5-12(14)17-11/h1-5H,6H2. The van der Waals surface area contributed by atoms with Gasteiger partial charge in [-0.25, -0.2) is 4.39 Å². The Morgan fingerprint density at radius 2 is 2.00 bits per heavy atom. The maximum absolute atomic E-state index is 13.4. The number of ketones is 1. The lowest BCUT2D eigenvalue weighted by Gasteiger charge is -2.03. The van der Waals surface area contributed by atoms with Crippen LogP contribution in [0.15, 0.2) is 34.7 Å². The third kappa shape index (κ3) is 2.68. The van der Waals surface area contributed by atoms with Crippen LogP contribution in [0.5, 0.6) is 0 Å². The SMILES string of the molecule is O=C(Cc1c(F)cccc1Cl)c1ccc(Cl)o1. The minimum atomic E-state index is -0.511. The molecule has 88 valence electrons. The zero-order valence-corrected chi connectivity index (χ0v) is 10.1.